The molecule has 2 N–H and O–H groups in total. The fraction of sp³-hybridized carbons (Fsp3) is 0.143. The number of rotatable bonds is 3. The van der Waals surface area contributed by atoms with E-state index in [0.717, 1.165) is 24.3 Å². The molecule has 2 aromatic rings. The van der Waals surface area contributed by atoms with Gasteiger partial charge in [-0.25, -0.2) is 13.2 Å². The van der Waals surface area contributed by atoms with Crippen molar-refractivity contribution in [3.05, 3.63) is 59.4 Å². The minimum atomic E-state index is -0.696. The van der Waals surface area contributed by atoms with E-state index >= 15 is 0 Å². The van der Waals surface area contributed by atoms with E-state index in [-0.39, 0.29) is 11.4 Å². The van der Waals surface area contributed by atoms with Crippen LogP contribution in [0.3, 0.4) is 0 Å². The Morgan fingerprint density at radius 3 is 2.16 bits per heavy atom. The van der Waals surface area contributed by atoms with Gasteiger partial charge >= 0.3 is 0 Å². The summed E-state index contributed by atoms with van der Waals surface area (Å²) in [6, 6.07) is 6.23. The van der Waals surface area contributed by atoms with Crippen LogP contribution in [0.15, 0.2) is 36.4 Å². The molecule has 0 amide bonds. The molecule has 1 atom stereocenters. The number of hydrogen-bond acceptors (Lipinski definition) is 2. The monoisotopic (exact) mass is 267 g/mol. The van der Waals surface area contributed by atoms with Crippen LogP contribution in [-0.2, 0) is 0 Å². The molecule has 0 radical (unpaired) electrons. The number of aromatic hydroxyl groups is 1. The van der Waals surface area contributed by atoms with Crippen LogP contribution in [0, 0.1) is 17.5 Å². The molecule has 2 nitrogen and oxygen atoms in total. The van der Waals surface area contributed by atoms with Gasteiger partial charge in [-0.3, -0.25) is 0 Å². The van der Waals surface area contributed by atoms with E-state index in [1.807, 2.05) is 0 Å². The highest BCUT2D eigenvalue weighted by molar-refractivity contribution is 5.47. The van der Waals surface area contributed by atoms with Crippen molar-refractivity contribution >= 4 is 5.69 Å². The minimum absolute atomic E-state index is 0.211. The summed E-state index contributed by atoms with van der Waals surface area (Å²) in [5.41, 5.74) is 0.680. The topological polar surface area (TPSA) is 32.3 Å². The van der Waals surface area contributed by atoms with Gasteiger partial charge in [0.2, 0.25) is 0 Å². The third-order valence-corrected chi connectivity index (χ3v) is 2.70. The Kier molecular flexibility index (Phi) is 3.64. The molecule has 19 heavy (non-hydrogen) atoms. The smallest absolute Gasteiger partial charge is 0.128 e. The molecule has 0 saturated heterocycles. The van der Waals surface area contributed by atoms with Crippen LogP contribution in [0.2, 0.25) is 0 Å². The van der Waals surface area contributed by atoms with Crippen molar-refractivity contribution in [2.75, 3.05) is 5.32 Å². The van der Waals surface area contributed by atoms with E-state index < -0.39 is 23.5 Å². The molecule has 0 heterocycles. The maximum absolute atomic E-state index is 13.0. The number of hydrogen-bond donors (Lipinski definition) is 2. The first-order chi connectivity index (χ1) is 8.95. The summed E-state index contributed by atoms with van der Waals surface area (Å²) in [5.74, 6) is -2.15. The zero-order valence-electron chi connectivity index (χ0n) is 10.1. The maximum Gasteiger partial charge on any atom is 0.128 e. The lowest BCUT2D eigenvalue weighted by Gasteiger charge is -2.17. The van der Waals surface area contributed by atoms with Crippen LogP contribution >= 0.6 is 0 Å². The first-order valence-electron chi connectivity index (χ1n) is 5.67. The average molecular weight is 267 g/mol. The normalized spacial score (nSPS) is 12.2. The average Bonchev–Trinajstić information content (AvgIpc) is 2.26. The van der Waals surface area contributed by atoms with Crippen LogP contribution in [0.25, 0.3) is 0 Å². The van der Waals surface area contributed by atoms with E-state index in [1.165, 1.54) is 12.1 Å². The molecular weight excluding hydrogens is 255 g/mol. The summed E-state index contributed by atoms with van der Waals surface area (Å²) in [6.07, 6.45) is 0. The van der Waals surface area contributed by atoms with Crippen LogP contribution in [0.1, 0.15) is 18.5 Å². The zero-order chi connectivity index (χ0) is 14.0. The van der Waals surface area contributed by atoms with Gasteiger partial charge < -0.3 is 10.4 Å². The van der Waals surface area contributed by atoms with Gasteiger partial charge in [0.05, 0.1) is 6.04 Å². The summed E-state index contributed by atoms with van der Waals surface area (Å²) in [6.45, 7) is 1.69. The van der Waals surface area contributed by atoms with Crippen molar-refractivity contribution < 1.29 is 18.3 Å². The fourth-order valence-electron chi connectivity index (χ4n) is 1.85. The quantitative estimate of drug-likeness (QED) is 0.881. The number of phenolic OH excluding ortho intramolecular Hbond substituents is 1. The Bertz CT molecular complexity index is 581. The summed E-state index contributed by atoms with van der Waals surface area (Å²) >= 11 is 0. The second-order valence-corrected chi connectivity index (χ2v) is 4.23. The van der Waals surface area contributed by atoms with Gasteiger partial charge in [0.25, 0.3) is 0 Å². The first kappa shape index (κ1) is 13.3. The molecule has 0 aromatic heterocycles. The van der Waals surface area contributed by atoms with Crippen molar-refractivity contribution in [1.29, 1.82) is 0 Å². The Hall–Kier alpha value is -2.17. The lowest BCUT2D eigenvalue weighted by molar-refractivity contribution is 0.459. The van der Waals surface area contributed by atoms with Crippen LogP contribution in [-0.4, -0.2) is 5.11 Å². The number of benzene rings is 2. The molecule has 5 heteroatoms. The molecule has 100 valence electrons. The summed E-state index contributed by atoms with van der Waals surface area (Å²) < 4.78 is 38.9. The van der Waals surface area contributed by atoms with Crippen molar-refractivity contribution in [3.8, 4) is 5.75 Å². The molecule has 0 aliphatic heterocycles. The SMILES string of the molecule is CC(Nc1cc(F)cc(F)c1)c1ccc(F)cc1O. The van der Waals surface area contributed by atoms with E-state index in [9.17, 15) is 18.3 Å². The summed E-state index contributed by atoms with van der Waals surface area (Å²) in [5, 5.41) is 12.5. The van der Waals surface area contributed by atoms with Crippen LogP contribution in [0.5, 0.6) is 5.75 Å². The van der Waals surface area contributed by atoms with Gasteiger partial charge in [0.1, 0.15) is 23.2 Å². The molecular formula is C14H12F3NO. The van der Waals surface area contributed by atoms with Gasteiger partial charge in [-0.15, -0.1) is 0 Å². The molecule has 1 unspecified atom stereocenters. The molecule has 0 saturated carbocycles. The Labute approximate surface area is 108 Å². The molecule has 0 aliphatic rings. The van der Waals surface area contributed by atoms with E-state index in [0.29, 0.717) is 5.56 Å². The van der Waals surface area contributed by atoms with E-state index in [2.05, 4.69) is 5.32 Å². The van der Waals surface area contributed by atoms with Gasteiger partial charge in [-0.2, -0.15) is 0 Å². The minimum Gasteiger partial charge on any atom is -0.507 e. The van der Waals surface area contributed by atoms with Crippen LogP contribution in [0.4, 0.5) is 18.9 Å². The second kappa shape index (κ2) is 5.22. The highest BCUT2D eigenvalue weighted by Gasteiger charge is 2.12. The van der Waals surface area contributed by atoms with Gasteiger partial charge in [0, 0.05) is 23.4 Å². The first-order valence-corrected chi connectivity index (χ1v) is 5.67. The van der Waals surface area contributed by atoms with Crippen molar-refractivity contribution in [1.82, 2.24) is 0 Å². The van der Waals surface area contributed by atoms with Gasteiger partial charge in [-0.1, -0.05) is 6.07 Å². The molecule has 2 aromatic carbocycles. The Morgan fingerprint density at radius 2 is 1.58 bits per heavy atom. The van der Waals surface area contributed by atoms with Crippen molar-refractivity contribution in [2.45, 2.75) is 13.0 Å². The molecule has 0 bridgehead atoms. The molecule has 0 aliphatic carbocycles. The van der Waals surface area contributed by atoms with Crippen molar-refractivity contribution in [3.63, 3.8) is 0 Å². The third kappa shape index (κ3) is 3.19. The molecule has 2 rings (SSSR count). The fourth-order valence-corrected chi connectivity index (χ4v) is 1.85. The lowest BCUT2D eigenvalue weighted by atomic mass is 10.1. The number of halogens is 3. The number of phenols is 1. The predicted octanol–water partition coefficient (Wildman–Crippen LogP) is 3.98. The third-order valence-electron chi connectivity index (χ3n) is 2.70. The molecule has 0 fully saturated rings. The second-order valence-electron chi connectivity index (χ2n) is 4.23. The highest BCUT2D eigenvalue weighted by Crippen LogP contribution is 2.28. The highest BCUT2D eigenvalue weighted by atomic mass is 19.1. The maximum atomic E-state index is 13.0. The predicted molar refractivity (Wildman–Crippen MR) is 66.5 cm³/mol. The lowest BCUT2D eigenvalue weighted by Crippen LogP contribution is -2.07. The Balaban J connectivity index is 2.22. The van der Waals surface area contributed by atoms with E-state index in [4.69, 9.17) is 0 Å². The van der Waals surface area contributed by atoms with Crippen molar-refractivity contribution in [2.24, 2.45) is 0 Å². The number of anilines is 1. The largest absolute Gasteiger partial charge is 0.507 e. The molecule has 0 spiro atoms. The van der Waals surface area contributed by atoms with Crippen LogP contribution < -0.4 is 5.32 Å². The van der Waals surface area contributed by atoms with E-state index in [1.54, 1.807) is 6.92 Å². The zero-order valence-corrected chi connectivity index (χ0v) is 10.1. The summed E-state index contributed by atoms with van der Waals surface area (Å²) in [4.78, 5) is 0. The standard InChI is InChI=1S/C14H12F3NO/c1-8(13-3-2-9(15)7-14(13)19)18-12-5-10(16)4-11(17)6-12/h2-8,18-19H,1H3. The number of nitrogens with one attached hydrogen (secondary N) is 1. The van der Waals surface area contributed by atoms with Gasteiger partial charge in [-0.05, 0) is 25.1 Å². The summed E-state index contributed by atoms with van der Waals surface area (Å²) in [7, 11) is 0. The van der Waals surface area contributed by atoms with Gasteiger partial charge in [0.15, 0.2) is 0 Å². The Morgan fingerprint density at radius 1 is 0.947 bits per heavy atom.